The minimum Gasteiger partial charge on any atom is -0.440 e. The van der Waals surface area contributed by atoms with E-state index in [2.05, 4.69) is 4.74 Å². The molecule has 0 bridgehead atoms. The zero-order chi connectivity index (χ0) is 13.1. The van der Waals surface area contributed by atoms with Gasteiger partial charge in [-0.05, 0) is 0 Å². The summed E-state index contributed by atoms with van der Waals surface area (Å²) in [7, 11) is 0. The van der Waals surface area contributed by atoms with E-state index in [9.17, 15) is 22.8 Å². The van der Waals surface area contributed by atoms with Crippen molar-refractivity contribution in [2.75, 3.05) is 32.8 Å². The number of rotatable bonds is 1. The van der Waals surface area contributed by atoms with Gasteiger partial charge in [-0.25, -0.2) is 4.79 Å². The second kappa shape index (κ2) is 5.24. The van der Waals surface area contributed by atoms with Crippen LogP contribution in [0.15, 0.2) is 0 Å². The lowest BCUT2D eigenvalue weighted by atomic mass is 10.3. The van der Waals surface area contributed by atoms with Gasteiger partial charge in [0.15, 0.2) is 6.61 Å². The van der Waals surface area contributed by atoms with Gasteiger partial charge < -0.3 is 14.5 Å². The Morgan fingerprint density at radius 2 is 1.59 bits per heavy atom. The maximum atomic E-state index is 11.8. The third kappa shape index (κ3) is 4.49. The molecule has 1 saturated heterocycles. The topological polar surface area (TPSA) is 49.9 Å². The number of amides is 2. The van der Waals surface area contributed by atoms with Crippen LogP contribution in [0.25, 0.3) is 0 Å². The van der Waals surface area contributed by atoms with Crippen molar-refractivity contribution in [3.05, 3.63) is 0 Å². The van der Waals surface area contributed by atoms with E-state index in [4.69, 9.17) is 0 Å². The van der Waals surface area contributed by atoms with E-state index in [-0.39, 0.29) is 19.0 Å². The van der Waals surface area contributed by atoms with E-state index in [1.54, 1.807) is 0 Å². The molecule has 1 rings (SSSR count). The molecule has 0 atom stereocenters. The summed E-state index contributed by atoms with van der Waals surface area (Å²) in [6, 6.07) is 0. The fourth-order valence-electron chi connectivity index (χ4n) is 1.44. The van der Waals surface area contributed by atoms with Gasteiger partial charge in [0.2, 0.25) is 5.91 Å². The standard InChI is InChI=1S/C9H13F3N2O3/c1-7(15)13-2-4-14(5-3-13)8(16)17-6-9(10,11)12/h2-6H2,1H3. The summed E-state index contributed by atoms with van der Waals surface area (Å²) in [6.07, 6.45) is -5.51. The molecule has 1 heterocycles. The first kappa shape index (κ1) is 13.6. The SMILES string of the molecule is CC(=O)N1CCN(C(=O)OCC(F)(F)F)CC1. The molecule has 0 saturated carbocycles. The van der Waals surface area contributed by atoms with Crippen LogP contribution in [0.4, 0.5) is 18.0 Å². The molecule has 0 aromatic carbocycles. The lowest BCUT2D eigenvalue weighted by molar-refractivity contribution is -0.162. The van der Waals surface area contributed by atoms with Crippen LogP contribution in [0.3, 0.4) is 0 Å². The third-order valence-corrected chi connectivity index (χ3v) is 2.34. The average molecular weight is 254 g/mol. The highest BCUT2D eigenvalue weighted by atomic mass is 19.4. The van der Waals surface area contributed by atoms with Crippen molar-refractivity contribution >= 4 is 12.0 Å². The molecule has 0 radical (unpaired) electrons. The van der Waals surface area contributed by atoms with E-state index in [1.165, 1.54) is 11.8 Å². The Labute approximate surface area is 96.1 Å². The smallest absolute Gasteiger partial charge is 0.422 e. The van der Waals surface area contributed by atoms with Crippen molar-refractivity contribution < 1.29 is 27.5 Å². The van der Waals surface area contributed by atoms with Gasteiger partial charge in [-0.2, -0.15) is 13.2 Å². The highest BCUT2D eigenvalue weighted by Gasteiger charge is 2.31. The van der Waals surface area contributed by atoms with Crippen LogP contribution < -0.4 is 0 Å². The van der Waals surface area contributed by atoms with Crippen molar-refractivity contribution in [3.63, 3.8) is 0 Å². The summed E-state index contributed by atoms with van der Waals surface area (Å²) < 4.78 is 39.5. The number of nitrogens with zero attached hydrogens (tertiary/aromatic N) is 2. The maximum absolute atomic E-state index is 11.8. The van der Waals surface area contributed by atoms with E-state index in [1.807, 2.05) is 0 Å². The first-order chi connectivity index (χ1) is 7.79. The van der Waals surface area contributed by atoms with E-state index < -0.39 is 18.9 Å². The zero-order valence-corrected chi connectivity index (χ0v) is 9.29. The molecule has 1 aliphatic rings. The fraction of sp³-hybridized carbons (Fsp3) is 0.778. The highest BCUT2D eigenvalue weighted by Crippen LogP contribution is 2.15. The summed E-state index contributed by atoms with van der Waals surface area (Å²) in [4.78, 5) is 24.9. The number of alkyl halides is 3. The van der Waals surface area contributed by atoms with Gasteiger partial charge in [-0.15, -0.1) is 0 Å². The minimum absolute atomic E-state index is 0.117. The van der Waals surface area contributed by atoms with E-state index in [0.29, 0.717) is 13.1 Å². The molecule has 1 aliphatic heterocycles. The van der Waals surface area contributed by atoms with Crippen LogP contribution in [-0.4, -0.2) is 60.8 Å². The van der Waals surface area contributed by atoms with Crippen molar-refractivity contribution in [2.45, 2.75) is 13.1 Å². The van der Waals surface area contributed by atoms with Crippen molar-refractivity contribution in [1.82, 2.24) is 9.80 Å². The molecule has 0 aromatic rings. The van der Waals surface area contributed by atoms with Crippen LogP contribution in [0, 0.1) is 0 Å². The Hall–Kier alpha value is -1.47. The van der Waals surface area contributed by atoms with Crippen molar-refractivity contribution in [2.24, 2.45) is 0 Å². The molecular formula is C9H13F3N2O3. The predicted octanol–water partition coefficient (Wildman–Crippen LogP) is 0.849. The molecule has 17 heavy (non-hydrogen) atoms. The van der Waals surface area contributed by atoms with Crippen LogP contribution >= 0.6 is 0 Å². The molecule has 0 spiro atoms. The molecule has 0 aromatic heterocycles. The monoisotopic (exact) mass is 254 g/mol. The molecule has 0 unspecified atom stereocenters. The lowest BCUT2D eigenvalue weighted by Gasteiger charge is -2.33. The molecule has 0 aliphatic carbocycles. The average Bonchev–Trinajstić information content (AvgIpc) is 2.25. The number of hydrogen-bond donors (Lipinski definition) is 0. The summed E-state index contributed by atoms with van der Waals surface area (Å²) >= 11 is 0. The van der Waals surface area contributed by atoms with Gasteiger partial charge in [0, 0.05) is 33.1 Å². The fourth-order valence-corrected chi connectivity index (χ4v) is 1.44. The van der Waals surface area contributed by atoms with Gasteiger partial charge >= 0.3 is 12.3 Å². The van der Waals surface area contributed by atoms with Crippen LogP contribution in [0.5, 0.6) is 0 Å². The van der Waals surface area contributed by atoms with Gasteiger partial charge in [0.1, 0.15) is 0 Å². The third-order valence-electron chi connectivity index (χ3n) is 2.34. The summed E-state index contributed by atoms with van der Waals surface area (Å²) in [5.41, 5.74) is 0. The van der Waals surface area contributed by atoms with E-state index in [0.717, 1.165) is 4.90 Å². The number of carbonyl (C=O) groups excluding carboxylic acids is 2. The van der Waals surface area contributed by atoms with Crippen molar-refractivity contribution in [1.29, 1.82) is 0 Å². The quantitative estimate of drug-likeness (QED) is 0.697. The lowest BCUT2D eigenvalue weighted by Crippen LogP contribution is -2.50. The molecule has 5 nitrogen and oxygen atoms in total. The Morgan fingerprint density at radius 3 is 2.00 bits per heavy atom. The van der Waals surface area contributed by atoms with Crippen LogP contribution in [-0.2, 0) is 9.53 Å². The molecule has 2 amide bonds. The Balaban J connectivity index is 2.33. The van der Waals surface area contributed by atoms with Crippen LogP contribution in [0.2, 0.25) is 0 Å². The molecule has 0 N–H and O–H groups in total. The van der Waals surface area contributed by atoms with Gasteiger partial charge in [-0.1, -0.05) is 0 Å². The normalized spacial score (nSPS) is 16.9. The number of halogens is 3. The van der Waals surface area contributed by atoms with Gasteiger partial charge in [-0.3, -0.25) is 4.79 Å². The van der Waals surface area contributed by atoms with Gasteiger partial charge in [0.05, 0.1) is 0 Å². The molecule has 8 heteroatoms. The summed E-state index contributed by atoms with van der Waals surface area (Å²) in [6.45, 7) is 0.829. The van der Waals surface area contributed by atoms with Crippen molar-refractivity contribution in [3.8, 4) is 0 Å². The minimum atomic E-state index is -4.52. The zero-order valence-electron chi connectivity index (χ0n) is 9.29. The summed E-state index contributed by atoms with van der Waals surface area (Å²) in [5.74, 6) is -0.117. The highest BCUT2D eigenvalue weighted by molar-refractivity contribution is 5.74. The molecule has 1 fully saturated rings. The number of piperazine rings is 1. The van der Waals surface area contributed by atoms with Gasteiger partial charge in [0.25, 0.3) is 0 Å². The number of ether oxygens (including phenoxy) is 1. The number of carbonyl (C=O) groups is 2. The first-order valence-corrected chi connectivity index (χ1v) is 5.03. The molecular weight excluding hydrogens is 241 g/mol. The van der Waals surface area contributed by atoms with Crippen LogP contribution in [0.1, 0.15) is 6.92 Å². The summed E-state index contributed by atoms with van der Waals surface area (Å²) in [5, 5.41) is 0. The Bertz CT molecular complexity index is 298. The van der Waals surface area contributed by atoms with E-state index >= 15 is 0 Å². The Kier molecular flexibility index (Phi) is 4.19. The largest absolute Gasteiger partial charge is 0.440 e. The first-order valence-electron chi connectivity index (χ1n) is 5.03. The maximum Gasteiger partial charge on any atom is 0.422 e. The molecule has 98 valence electrons. The predicted molar refractivity (Wildman–Crippen MR) is 51.2 cm³/mol. The second-order valence-corrected chi connectivity index (χ2v) is 3.66. The Morgan fingerprint density at radius 1 is 1.12 bits per heavy atom. The second-order valence-electron chi connectivity index (χ2n) is 3.66. The number of hydrogen-bond acceptors (Lipinski definition) is 3.